The molecule has 2 aromatic carbocycles. The second kappa shape index (κ2) is 7.70. The lowest BCUT2D eigenvalue weighted by Gasteiger charge is -2.18. The lowest BCUT2D eigenvalue weighted by molar-refractivity contribution is -0.385. The maximum Gasteiger partial charge on any atom is 0.273 e. The number of rotatable bonds is 6. The van der Waals surface area contributed by atoms with Gasteiger partial charge in [0, 0.05) is 17.2 Å². The van der Waals surface area contributed by atoms with Crippen LogP contribution in [0.25, 0.3) is 0 Å². The van der Waals surface area contributed by atoms with E-state index in [0.29, 0.717) is 5.56 Å². The van der Waals surface area contributed by atoms with E-state index in [1.807, 2.05) is 31.2 Å². The van der Waals surface area contributed by atoms with Gasteiger partial charge in [-0.05, 0) is 30.5 Å². The van der Waals surface area contributed by atoms with Crippen LogP contribution in [0.3, 0.4) is 0 Å². The molecule has 0 fully saturated rings. The van der Waals surface area contributed by atoms with Gasteiger partial charge in [-0.1, -0.05) is 37.3 Å². The van der Waals surface area contributed by atoms with E-state index in [1.165, 1.54) is 25.1 Å². The predicted octanol–water partition coefficient (Wildman–Crippen LogP) is 2.93. The van der Waals surface area contributed by atoms with Crippen LogP contribution in [0, 0.1) is 17.0 Å². The molecule has 0 saturated carbocycles. The predicted molar refractivity (Wildman–Crippen MR) is 90.9 cm³/mol. The minimum absolute atomic E-state index is 0.101. The zero-order valence-corrected chi connectivity index (χ0v) is 13.7. The largest absolute Gasteiger partial charge is 0.394 e. The van der Waals surface area contributed by atoms with Crippen molar-refractivity contribution in [2.24, 2.45) is 0 Å². The molecular formula is C18H20N2O4. The summed E-state index contributed by atoms with van der Waals surface area (Å²) in [7, 11) is 0. The zero-order valence-electron chi connectivity index (χ0n) is 13.7. The number of carbonyl (C=O) groups excluding carboxylic acids is 1. The van der Waals surface area contributed by atoms with Gasteiger partial charge in [-0.25, -0.2) is 0 Å². The van der Waals surface area contributed by atoms with Crippen molar-refractivity contribution >= 4 is 11.6 Å². The Hall–Kier alpha value is -2.73. The molecule has 2 aromatic rings. The van der Waals surface area contributed by atoms with Gasteiger partial charge >= 0.3 is 0 Å². The molecule has 6 heteroatoms. The average Bonchev–Trinajstić information content (AvgIpc) is 2.59. The Labute approximate surface area is 140 Å². The van der Waals surface area contributed by atoms with Crippen LogP contribution in [-0.4, -0.2) is 22.5 Å². The minimum atomic E-state index is -0.568. The van der Waals surface area contributed by atoms with Crippen molar-refractivity contribution in [3.8, 4) is 0 Å². The topological polar surface area (TPSA) is 92.5 Å². The molecule has 0 aromatic heterocycles. The molecule has 0 saturated heterocycles. The highest BCUT2D eigenvalue weighted by molar-refractivity contribution is 5.96. The van der Waals surface area contributed by atoms with E-state index in [1.54, 1.807) is 0 Å². The van der Waals surface area contributed by atoms with Crippen LogP contribution in [0.1, 0.15) is 40.0 Å². The summed E-state index contributed by atoms with van der Waals surface area (Å²) >= 11 is 0. The number of carbonyl (C=O) groups is 1. The number of nitro benzene ring substituents is 1. The number of aliphatic hydroxyl groups is 1. The van der Waals surface area contributed by atoms with Gasteiger partial charge in [0.05, 0.1) is 17.6 Å². The number of hydrogen-bond acceptors (Lipinski definition) is 4. The third-order valence-corrected chi connectivity index (χ3v) is 4.02. The Morgan fingerprint density at radius 2 is 1.92 bits per heavy atom. The zero-order chi connectivity index (χ0) is 17.7. The van der Waals surface area contributed by atoms with Gasteiger partial charge in [-0.2, -0.15) is 0 Å². The summed E-state index contributed by atoms with van der Waals surface area (Å²) < 4.78 is 0. The maximum atomic E-state index is 12.5. The second-order valence-corrected chi connectivity index (χ2v) is 5.51. The summed E-state index contributed by atoms with van der Waals surface area (Å²) in [6.45, 7) is 3.33. The Morgan fingerprint density at radius 1 is 1.25 bits per heavy atom. The summed E-state index contributed by atoms with van der Waals surface area (Å²) in [5.74, 6) is -0.449. The van der Waals surface area contributed by atoms with Crippen molar-refractivity contribution in [3.05, 3.63) is 74.8 Å². The van der Waals surface area contributed by atoms with E-state index >= 15 is 0 Å². The molecule has 2 N–H and O–H groups in total. The number of nitro groups is 1. The fourth-order valence-corrected chi connectivity index (χ4v) is 2.52. The van der Waals surface area contributed by atoms with Crippen molar-refractivity contribution in [2.45, 2.75) is 26.3 Å². The monoisotopic (exact) mass is 328 g/mol. The van der Waals surface area contributed by atoms with Gasteiger partial charge in [0.1, 0.15) is 0 Å². The first-order valence-corrected chi connectivity index (χ1v) is 7.72. The van der Waals surface area contributed by atoms with E-state index in [0.717, 1.165) is 17.5 Å². The highest BCUT2D eigenvalue weighted by atomic mass is 16.6. The molecule has 0 heterocycles. The normalized spacial score (nSPS) is 11.8. The lowest BCUT2D eigenvalue weighted by atomic mass is 10.0. The van der Waals surface area contributed by atoms with Crippen molar-refractivity contribution < 1.29 is 14.8 Å². The highest BCUT2D eigenvalue weighted by Gasteiger charge is 2.20. The van der Waals surface area contributed by atoms with Gasteiger partial charge in [-0.3, -0.25) is 14.9 Å². The summed E-state index contributed by atoms with van der Waals surface area (Å²) in [4.78, 5) is 22.9. The van der Waals surface area contributed by atoms with Gasteiger partial charge in [0.15, 0.2) is 0 Å². The van der Waals surface area contributed by atoms with E-state index in [2.05, 4.69) is 5.32 Å². The summed E-state index contributed by atoms with van der Waals surface area (Å²) in [6.07, 6.45) is 0.906. The van der Waals surface area contributed by atoms with E-state index in [9.17, 15) is 20.0 Å². The lowest BCUT2D eigenvalue weighted by Crippen LogP contribution is -2.31. The highest BCUT2D eigenvalue weighted by Crippen LogP contribution is 2.22. The average molecular weight is 328 g/mol. The number of aliphatic hydroxyl groups excluding tert-OH is 1. The number of hydrogen-bond donors (Lipinski definition) is 2. The van der Waals surface area contributed by atoms with Gasteiger partial charge in [-0.15, -0.1) is 0 Å². The van der Waals surface area contributed by atoms with Crippen LogP contribution in [-0.2, 0) is 6.42 Å². The van der Waals surface area contributed by atoms with E-state index < -0.39 is 16.9 Å². The van der Waals surface area contributed by atoms with Crippen molar-refractivity contribution in [1.82, 2.24) is 5.32 Å². The molecule has 1 amide bonds. The van der Waals surface area contributed by atoms with Gasteiger partial charge in [0.2, 0.25) is 0 Å². The van der Waals surface area contributed by atoms with Crippen LogP contribution in [0.5, 0.6) is 0 Å². The fourth-order valence-electron chi connectivity index (χ4n) is 2.52. The summed E-state index contributed by atoms with van der Waals surface area (Å²) in [6, 6.07) is 11.4. The first-order chi connectivity index (χ1) is 11.5. The third-order valence-electron chi connectivity index (χ3n) is 4.02. The summed E-state index contributed by atoms with van der Waals surface area (Å²) in [5, 5.41) is 23.3. The first-order valence-electron chi connectivity index (χ1n) is 7.72. The second-order valence-electron chi connectivity index (χ2n) is 5.51. The quantitative estimate of drug-likeness (QED) is 0.630. The number of nitrogens with zero attached hydrogens (tertiary/aromatic N) is 1. The van der Waals surface area contributed by atoms with Gasteiger partial charge < -0.3 is 10.4 Å². The molecule has 0 bridgehead atoms. The fraction of sp³-hybridized carbons (Fsp3) is 0.278. The number of amides is 1. The molecular weight excluding hydrogens is 308 g/mol. The molecule has 0 aliphatic heterocycles. The Balaban J connectivity index is 2.23. The molecule has 2 rings (SSSR count). The molecule has 0 spiro atoms. The van der Waals surface area contributed by atoms with Crippen molar-refractivity contribution in [1.29, 1.82) is 0 Å². The third kappa shape index (κ3) is 3.78. The number of aryl methyl sites for hydroxylation is 1. The van der Waals surface area contributed by atoms with Crippen LogP contribution >= 0.6 is 0 Å². The molecule has 0 aliphatic rings. The Morgan fingerprint density at radius 3 is 2.46 bits per heavy atom. The molecule has 0 aliphatic carbocycles. The van der Waals surface area contributed by atoms with Crippen LogP contribution in [0.2, 0.25) is 0 Å². The number of benzene rings is 2. The molecule has 0 radical (unpaired) electrons. The molecule has 1 atom stereocenters. The minimum Gasteiger partial charge on any atom is -0.394 e. The standard InChI is InChI=1S/C18H20N2O4/c1-3-13-7-9-14(10-8-13)16(11-21)19-18(22)15-5-4-6-17(12(15)2)20(23)24/h4-10,16,21H,3,11H2,1-2H3,(H,19,22). The molecule has 126 valence electrons. The van der Waals surface area contributed by atoms with E-state index in [-0.39, 0.29) is 17.9 Å². The van der Waals surface area contributed by atoms with Crippen LogP contribution in [0.15, 0.2) is 42.5 Å². The van der Waals surface area contributed by atoms with Crippen molar-refractivity contribution in [2.75, 3.05) is 6.61 Å². The van der Waals surface area contributed by atoms with Crippen LogP contribution in [0.4, 0.5) is 5.69 Å². The van der Waals surface area contributed by atoms with Crippen LogP contribution < -0.4 is 5.32 Å². The molecule has 24 heavy (non-hydrogen) atoms. The Kier molecular flexibility index (Phi) is 5.65. The Bertz CT molecular complexity index is 741. The molecule has 6 nitrogen and oxygen atoms in total. The number of nitrogens with one attached hydrogen (secondary N) is 1. The smallest absolute Gasteiger partial charge is 0.273 e. The first kappa shape index (κ1) is 17.6. The maximum absolute atomic E-state index is 12.5. The van der Waals surface area contributed by atoms with E-state index in [4.69, 9.17) is 0 Å². The molecule has 1 unspecified atom stereocenters. The summed E-state index contributed by atoms with van der Waals surface area (Å²) in [5.41, 5.74) is 2.38. The SMILES string of the molecule is CCc1ccc(C(CO)NC(=O)c2cccc([N+](=O)[O-])c2C)cc1. The van der Waals surface area contributed by atoms with Crippen molar-refractivity contribution in [3.63, 3.8) is 0 Å². The van der Waals surface area contributed by atoms with Gasteiger partial charge in [0.25, 0.3) is 11.6 Å².